The maximum Gasteiger partial charge on any atom is 0.364 e. The number of nitrogens with zero attached hydrogens (tertiary/aromatic N) is 11. The van der Waals surface area contributed by atoms with E-state index in [2.05, 4.69) is 20.4 Å². The SMILES string of the molecule is CCN(CC)c1ccc2c(C(=O)OC(=O)c3cc(C(=O)O)nn3C)c(C(=O)OC(=O)c3cc(C(=O)O)nn3C)c(=O)oc2c1.CCN(CC)c1ccc2c(C(=O)OC(=O)c3cc(C(=O)O)nn3C)c(C(=O)OC(=O)c3cc(C(=O)O)nn3C)c(=O)oc2c1.CCc1c(CC)c(C(=O)O)n(-c2ccccc2)c1C(=O)O. The van der Waals surface area contributed by atoms with E-state index in [1.54, 1.807) is 42.5 Å². The standard InChI is InChI=1S/2C27H23N5O12.C16H17NO4/c2*1-5-32(6-2)12-7-8-13-18(9-12)42-26(40)20(27(41)44-24(38)17-11-15(22(35)36)29-31(17)4)19(13)25(39)43-23(37)16-10-14(21(33)34)28-30(16)3;1-3-11-12(4-2)14(16(20)21)17(13(11)15(18)19)10-8-6-5-7-9-10/h2*7-11H,5-6H2,1-4H3,(H,33,34)(H,35,36);5-9H,3-4H2,1-2H3,(H,18,19)(H,20,21). The molecule has 0 saturated heterocycles. The highest BCUT2D eigenvalue weighted by Gasteiger charge is 2.37. The number of aryl methyl sites for hydroxylation is 4. The van der Waals surface area contributed by atoms with Gasteiger partial charge in [0.25, 0.3) is 0 Å². The van der Waals surface area contributed by atoms with Crippen LogP contribution in [0, 0.1) is 0 Å². The highest BCUT2D eigenvalue weighted by atomic mass is 16.6. The number of aromatic carboxylic acids is 6. The summed E-state index contributed by atoms with van der Waals surface area (Å²) in [6.45, 7) is 13.5. The summed E-state index contributed by atoms with van der Waals surface area (Å²) >= 11 is 0. The number of ether oxygens (including phenoxy) is 4. The van der Waals surface area contributed by atoms with Crippen molar-refractivity contribution in [3.8, 4) is 5.69 Å². The van der Waals surface area contributed by atoms with E-state index in [9.17, 15) is 86.9 Å². The van der Waals surface area contributed by atoms with Crippen LogP contribution in [-0.4, -0.2) is 184 Å². The Labute approximate surface area is 610 Å². The Morgan fingerprint density at radius 1 is 0.367 bits per heavy atom. The first-order chi connectivity index (χ1) is 51.6. The fraction of sp³-hybridized carbons (Fsp3) is 0.229. The van der Waals surface area contributed by atoms with Crippen LogP contribution in [0.1, 0.15) is 199 Å². The molecule has 0 fully saturated rings. The normalized spacial score (nSPS) is 10.8. The number of para-hydroxylation sites is 1. The molecule has 7 aromatic heterocycles. The van der Waals surface area contributed by atoms with Gasteiger partial charge in [-0.3, -0.25) is 23.3 Å². The fourth-order valence-electron chi connectivity index (χ4n) is 11.3. The van der Waals surface area contributed by atoms with Crippen molar-refractivity contribution in [3.63, 3.8) is 0 Å². The Bertz CT molecular complexity index is 5240. The molecule has 0 saturated carbocycles. The average molecular weight is 1510 g/mol. The summed E-state index contributed by atoms with van der Waals surface area (Å²) in [4.78, 5) is 203. The number of esters is 8. The largest absolute Gasteiger partial charge is 0.477 e. The van der Waals surface area contributed by atoms with E-state index in [-0.39, 0.29) is 33.3 Å². The summed E-state index contributed by atoms with van der Waals surface area (Å²) in [7, 11) is 4.84. The molecule has 0 aliphatic carbocycles. The molecule has 0 radical (unpaired) electrons. The van der Waals surface area contributed by atoms with Gasteiger partial charge in [-0.2, -0.15) is 20.4 Å². The zero-order valence-corrected chi connectivity index (χ0v) is 59.0. The Morgan fingerprint density at radius 3 is 0.881 bits per heavy atom. The topological polar surface area (TPSA) is 540 Å². The lowest BCUT2D eigenvalue weighted by Gasteiger charge is -2.21. The molecule has 39 heteroatoms. The van der Waals surface area contributed by atoms with E-state index >= 15 is 0 Å². The zero-order valence-electron chi connectivity index (χ0n) is 59.0. The zero-order chi connectivity index (χ0) is 80.5. The Kier molecular flexibility index (Phi) is 24.4. The minimum absolute atomic E-state index is 0.0398. The Balaban J connectivity index is 0.000000219. The van der Waals surface area contributed by atoms with E-state index < -0.39 is 163 Å². The second-order valence-corrected chi connectivity index (χ2v) is 22.7. The van der Waals surface area contributed by atoms with Gasteiger partial charge in [-0.05, 0) is 88.1 Å². The lowest BCUT2D eigenvalue weighted by Crippen LogP contribution is -2.27. The van der Waals surface area contributed by atoms with Crippen LogP contribution in [0.3, 0.4) is 0 Å². The maximum atomic E-state index is 13.4. The third-order valence-electron chi connectivity index (χ3n) is 16.3. The Morgan fingerprint density at radius 2 is 0.642 bits per heavy atom. The van der Waals surface area contributed by atoms with Gasteiger partial charge in [-0.15, -0.1) is 0 Å². The van der Waals surface area contributed by atoms with Crippen molar-refractivity contribution in [1.29, 1.82) is 0 Å². The van der Waals surface area contributed by atoms with Crippen LogP contribution in [0.5, 0.6) is 0 Å². The lowest BCUT2D eigenvalue weighted by molar-refractivity contribution is 0.0347. The number of carbonyl (C=O) groups is 14. The smallest absolute Gasteiger partial charge is 0.364 e. The summed E-state index contributed by atoms with van der Waals surface area (Å²) < 4.78 is 34.7. The number of aromatic nitrogens is 9. The Hall–Kier alpha value is -14.8. The number of carboxylic acid groups (broad SMARTS) is 6. The molecule has 0 aliphatic heterocycles. The van der Waals surface area contributed by atoms with Gasteiger partial charge >= 0.3 is 94.8 Å². The highest BCUT2D eigenvalue weighted by Crippen LogP contribution is 2.32. The number of hydrogen-bond donors (Lipinski definition) is 6. The molecule has 0 amide bonds. The van der Waals surface area contributed by atoms with Crippen molar-refractivity contribution < 1.29 is 126 Å². The van der Waals surface area contributed by atoms with Crippen LogP contribution in [-0.2, 0) is 60.0 Å². The van der Waals surface area contributed by atoms with Crippen LogP contribution in [0.25, 0.3) is 27.6 Å². The second kappa shape index (κ2) is 33.3. The quantitative estimate of drug-likeness (QED) is 0.0185. The van der Waals surface area contributed by atoms with Crippen molar-refractivity contribution in [2.75, 3.05) is 36.0 Å². The molecule has 0 bridgehead atoms. The van der Waals surface area contributed by atoms with E-state index in [1.807, 2.05) is 51.3 Å². The molecule has 566 valence electrons. The van der Waals surface area contributed by atoms with Gasteiger partial charge < -0.3 is 68.2 Å². The van der Waals surface area contributed by atoms with Crippen molar-refractivity contribution in [1.82, 2.24) is 43.7 Å². The van der Waals surface area contributed by atoms with Gasteiger partial charge in [-0.1, -0.05) is 32.0 Å². The third-order valence-corrected chi connectivity index (χ3v) is 16.3. The van der Waals surface area contributed by atoms with E-state index in [4.69, 9.17) is 48.2 Å². The number of hydrogen-bond acceptors (Lipinski definition) is 28. The van der Waals surface area contributed by atoms with Crippen LogP contribution in [0.2, 0.25) is 0 Å². The number of rotatable bonds is 23. The maximum absolute atomic E-state index is 13.4. The molecule has 10 rings (SSSR count). The number of benzene rings is 3. The summed E-state index contributed by atoms with van der Waals surface area (Å²) in [5.74, 6) is -20.1. The van der Waals surface area contributed by atoms with Gasteiger partial charge in [0.2, 0.25) is 0 Å². The summed E-state index contributed by atoms with van der Waals surface area (Å²) in [6, 6.07) is 20.7. The molecule has 3 aromatic carbocycles. The summed E-state index contributed by atoms with van der Waals surface area (Å²) in [5, 5.41) is 69.7. The van der Waals surface area contributed by atoms with Crippen LogP contribution in [0.15, 0.2) is 109 Å². The van der Waals surface area contributed by atoms with Crippen molar-refractivity contribution >= 4 is 117 Å². The van der Waals surface area contributed by atoms with Crippen molar-refractivity contribution in [3.05, 3.63) is 202 Å². The molecule has 0 unspecified atom stereocenters. The van der Waals surface area contributed by atoms with Crippen molar-refractivity contribution in [2.24, 2.45) is 28.2 Å². The summed E-state index contributed by atoms with van der Waals surface area (Å²) in [5.41, 5.74) is -7.95. The molecule has 0 atom stereocenters. The van der Waals surface area contributed by atoms with Gasteiger partial charge in [-0.25, -0.2) is 76.7 Å². The molecule has 6 N–H and O–H groups in total. The minimum Gasteiger partial charge on any atom is -0.477 e. The number of carboxylic acids is 6. The molecule has 7 heterocycles. The molecular formula is C70H63N11O28. The molecule has 10 aromatic rings. The van der Waals surface area contributed by atoms with Crippen molar-refractivity contribution in [2.45, 2.75) is 54.4 Å². The number of fused-ring (bicyclic) bond motifs is 2. The van der Waals surface area contributed by atoms with E-state index in [0.29, 0.717) is 67.2 Å². The predicted molar refractivity (Wildman–Crippen MR) is 370 cm³/mol. The molecule has 109 heavy (non-hydrogen) atoms. The highest BCUT2D eigenvalue weighted by molar-refractivity contribution is 6.18. The molecular weight excluding hydrogens is 1440 g/mol. The van der Waals surface area contributed by atoms with Gasteiger partial charge in [0.15, 0.2) is 33.9 Å². The molecule has 0 aliphatic rings. The number of carbonyl (C=O) groups excluding carboxylic acids is 8. The van der Waals surface area contributed by atoms with Crippen LogP contribution < -0.4 is 21.1 Å². The first-order valence-corrected chi connectivity index (χ1v) is 32.2. The first-order valence-electron chi connectivity index (χ1n) is 32.2. The van der Waals surface area contributed by atoms with Gasteiger partial charge in [0.1, 0.15) is 45.3 Å². The van der Waals surface area contributed by atoms with E-state index in [1.165, 1.54) is 57.0 Å². The monoisotopic (exact) mass is 1510 g/mol. The number of anilines is 2. The first kappa shape index (κ1) is 79.9. The molecule has 0 spiro atoms. The molecule has 39 nitrogen and oxygen atoms in total. The van der Waals surface area contributed by atoms with Crippen LogP contribution in [0.4, 0.5) is 11.4 Å². The van der Waals surface area contributed by atoms with E-state index in [0.717, 1.165) is 43.0 Å². The average Bonchev–Trinajstić information content (AvgIpc) is 1.70. The second-order valence-electron chi connectivity index (χ2n) is 22.7. The van der Waals surface area contributed by atoms with Gasteiger partial charge in [0.05, 0.1) is 11.1 Å². The minimum atomic E-state index is -1.68. The lowest BCUT2D eigenvalue weighted by atomic mass is 10.0. The third kappa shape index (κ3) is 16.7. The summed E-state index contributed by atoms with van der Waals surface area (Å²) in [6.07, 6.45) is 0.954. The van der Waals surface area contributed by atoms with Gasteiger partial charge in [0, 0.05) is 119 Å². The predicted octanol–water partition coefficient (Wildman–Crippen LogP) is 5.99. The fourth-order valence-corrected chi connectivity index (χ4v) is 11.3. The van der Waals surface area contributed by atoms with Crippen LogP contribution >= 0.6 is 0 Å².